The third-order valence-corrected chi connectivity index (χ3v) is 4.16. The molecule has 8 heteroatoms. The van der Waals surface area contributed by atoms with Crippen molar-refractivity contribution in [3.8, 4) is 23.0 Å². The Balaban J connectivity index is 1.71. The van der Waals surface area contributed by atoms with E-state index in [0.717, 1.165) is 0 Å². The fourth-order valence-corrected chi connectivity index (χ4v) is 2.74. The van der Waals surface area contributed by atoms with E-state index in [0.29, 0.717) is 12.1 Å². The quantitative estimate of drug-likeness (QED) is 0.446. The van der Waals surface area contributed by atoms with E-state index in [4.69, 9.17) is 0 Å². The van der Waals surface area contributed by atoms with Crippen LogP contribution in [0.1, 0.15) is 27.1 Å². The third-order valence-electron chi connectivity index (χ3n) is 4.16. The summed E-state index contributed by atoms with van der Waals surface area (Å²) < 4.78 is 0. The summed E-state index contributed by atoms with van der Waals surface area (Å²) in [7, 11) is 0. The molecular formula is C20H18N2O6. The van der Waals surface area contributed by atoms with Crippen LogP contribution >= 0.6 is 0 Å². The van der Waals surface area contributed by atoms with Gasteiger partial charge in [-0.05, 0) is 42.8 Å². The summed E-state index contributed by atoms with van der Waals surface area (Å²) in [6, 6.07) is 7.66. The molecule has 1 atom stereocenters. The zero-order chi connectivity index (χ0) is 20.3. The lowest BCUT2D eigenvalue weighted by atomic mass is 10.0. The molecule has 144 valence electrons. The minimum absolute atomic E-state index is 0.0711. The van der Waals surface area contributed by atoms with Gasteiger partial charge in [0.1, 0.15) is 0 Å². The molecule has 0 radical (unpaired) electrons. The molecule has 0 saturated carbocycles. The van der Waals surface area contributed by atoms with Gasteiger partial charge >= 0.3 is 0 Å². The van der Waals surface area contributed by atoms with Crippen molar-refractivity contribution in [2.24, 2.45) is 0 Å². The summed E-state index contributed by atoms with van der Waals surface area (Å²) in [5, 5.41) is 43.9. The van der Waals surface area contributed by atoms with Crippen molar-refractivity contribution in [1.29, 1.82) is 0 Å². The van der Waals surface area contributed by atoms with Gasteiger partial charge in [0.2, 0.25) is 0 Å². The number of allylic oxidation sites excluding steroid dienone is 1. The average Bonchev–Trinajstić information content (AvgIpc) is 2.66. The fraction of sp³-hybridized carbons (Fsp3) is 0.100. The summed E-state index contributed by atoms with van der Waals surface area (Å²) in [5.74, 6) is -3.04. The monoisotopic (exact) mass is 382 g/mol. The maximum atomic E-state index is 12.3. The van der Waals surface area contributed by atoms with Crippen LogP contribution in [0.4, 0.5) is 0 Å². The van der Waals surface area contributed by atoms with Gasteiger partial charge in [0.05, 0.1) is 17.2 Å². The zero-order valence-corrected chi connectivity index (χ0v) is 14.6. The number of carbonyl (C=O) groups excluding carboxylic acids is 2. The van der Waals surface area contributed by atoms with E-state index in [-0.39, 0.29) is 11.1 Å². The van der Waals surface area contributed by atoms with Crippen molar-refractivity contribution in [2.45, 2.75) is 12.5 Å². The number of nitrogens with one attached hydrogen (secondary N) is 2. The predicted octanol–water partition coefficient (Wildman–Crippen LogP) is 1.88. The van der Waals surface area contributed by atoms with Gasteiger partial charge in [-0.2, -0.15) is 0 Å². The standard InChI is InChI=1S/C20H18N2O6/c23-15-8-2-6-13(17(15)25)19(27)21-11-4-1-5-12(10-11)22-20(28)14-7-3-9-16(24)18(14)26/h1-4,6-10,12,23-26H,5H2,(H,21,27)(H,22,28). The molecule has 0 heterocycles. The Labute approximate surface area is 160 Å². The lowest BCUT2D eigenvalue weighted by Crippen LogP contribution is -2.35. The minimum Gasteiger partial charge on any atom is -0.504 e. The Morgan fingerprint density at radius 1 is 0.857 bits per heavy atom. The van der Waals surface area contributed by atoms with Crippen LogP contribution in [0.25, 0.3) is 0 Å². The molecule has 1 aliphatic rings. The van der Waals surface area contributed by atoms with Crippen molar-refractivity contribution in [3.05, 3.63) is 71.5 Å². The molecule has 28 heavy (non-hydrogen) atoms. The van der Waals surface area contributed by atoms with Crippen LogP contribution in [-0.4, -0.2) is 38.3 Å². The lowest BCUT2D eigenvalue weighted by Gasteiger charge is -2.19. The van der Waals surface area contributed by atoms with Gasteiger partial charge in [0.15, 0.2) is 23.0 Å². The Kier molecular flexibility index (Phi) is 5.21. The number of carbonyl (C=O) groups is 2. The van der Waals surface area contributed by atoms with Crippen molar-refractivity contribution in [1.82, 2.24) is 10.6 Å². The fourth-order valence-electron chi connectivity index (χ4n) is 2.74. The van der Waals surface area contributed by atoms with Crippen LogP contribution in [0.15, 0.2) is 60.3 Å². The van der Waals surface area contributed by atoms with Gasteiger partial charge in [-0.3, -0.25) is 9.59 Å². The molecule has 8 nitrogen and oxygen atoms in total. The number of aromatic hydroxyl groups is 4. The first kappa shape index (κ1) is 18.8. The van der Waals surface area contributed by atoms with Crippen molar-refractivity contribution in [3.63, 3.8) is 0 Å². The van der Waals surface area contributed by atoms with Gasteiger partial charge in [0, 0.05) is 5.70 Å². The van der Waals surface area contributed by atoms with E-state index in [9.17, 15) is 30.0 Å². The minimum atomic E-state index is -0.623. The predicted molar refractivity (Wildman–Crippen MR) is 100 cm³/mol. The van der Waals surface area contributed by atoms with Crippen molar-refractivity contribution >= 4 is 11.8 Å². The Hall–Kier alpha value is -3.94. The molecule has 0 spiro atoms. The first-order valence-corrected chi connectivity index (χ1v) is 8.39. The van der Waals surface area contributed by atoms with E-state index >= 15 is 0 Å². The normalized spacial score (nSPS) is 15.6. The van der Waals surface area contributed by atoms with Crippen LogP contribution < -0.4 is 10.6 Å². The molecule has 0 aliphatic heterocycles. The largest absolute Gasteiger partial charge is 0.504 e. The number of hydrogen-bond donors (Lipinski definition) is 6. The molecule has 0 bridgehead atoms. The molecule has 0 saturated heterocycles. The first-order valence-electron chi connectivity index (χ1n) is 8.39. The SMILES string of the molecule is O=C(NC1=CC(NC(=O)c2cccc(O)c2O)CC=C1)c1cccc(O)c1O. The number of hydrogen-bond acceptors (Lipinski definition) is 6. The van der Waals surface area contributed by atoms with Gasteiger partial charge in [0.25, 0.3) is 11.8 Å². The number of para-hydroxylation sites is 2. The topological polar surface area (TPSA) is 139 Å². The van der Waals surface area contributed by atoms with Gasteiger partial charge in [-0.1, -0.05) is 18.2 Å². The number of rotatable bonds is 4. The number of amides is 2. The lowest BCUT2D eigenvalue weighted by molar-refractivity contribution is 0.0940. The molecule has 2 amide bonds. The summed E-state index contributed by atoms with van der Waals surface area (Å²) in [6.45, 7) is 0. The summed E-state index contributed by atoms with van der Waals surface area (Å²) in [6.07, 6.45) is 5.45. The van der Waals surface area contributed by atoms with E-state index in [2.05, 4.69) is 10.6 Å². The van der Waals surface area contributed by atoms with Gasteiger partial charge in [-0.15, -0.1) is 0 Å². The molecule has 0 fully saturated rings. The summed E-state index contributed by atoms with van der Waals surface area (Å²) in [5.41, 5.74) is 0.229. The van der Waals surface area contributed by atoms with Crippen LogP contribution in [0.3, 0.4) is 0 Å². The molecule has 2 aromatic rings. The van der Waals surface area contributed by atoms with E-state index < -0.39 is 40.9 Å². The Morgan fingerprint density at radius 3 is 2.04 bits per heavy atom. The molecule has 6 N–H and O–H groups in total. The Morgan fingerprint density at radius 2 is 1.43 bits per heavy atom. The second-order valence-corrected chi connectivity index (χ2v) is 6.14. The average molecular weight is 382 g/mol. The zero-order valence-electron chi connectivity index (χ0n) is 14.6. The van der Waals surface area contributed by atoms with Crippen LogP contribution in [0.5, 0.6) is 23.0 Å². The van der Waals surface area contributed by atoms with Crippen molar-refractivity contribution in [2.75, 3.05) is 0 Å². The highest BCUT2D eigenvalue weighted by molar-refractivity contribution is 5.99. The molecule has 0 aromatic heterocycles. The smallest absolute Gasteiger partial charge is 0.259 e. The Bertz CT molecular complexity index is 996. The molecule has 1 unspecified atom stereocenters. The maximum absolute atomic E-state index is 12.3. The van der Waals surface area contributed by atoms with Gasteiger partial charge < -0.3 is 31.1 Å². The third kappa shape index (κ3) is 3.90. The van der Waals surface area contributed by atoms with Crippen LogP contribution in [-0.2, 0) is 0 Å². The summed E-state index contributed by atoms with van der Waals surface area (Å²) >= 11 is 0. The van der Waals surface area contributed by atoms with Crippen molar-refractivity contribution < 1.29 is 30.0 Å². The number of benzene rings is 2. The first-order chi connectivity index (χ1) is 13.4. The molecular weight excluding hydrogens is 364 g/mol. The maximum Gasteiger partial charge on any atom is 0.259 e. The van der Waals surface area contributed by atoms with E-state index in [1.807, 2.05) is 0 Å². The second kappa shape index (κ2) is 7.75. The molecule has 3 rings (SSSR count). The molecule has 2 aromatic carbocycles. The summed E-state index contributed by atoms with van der Waals surface area (Å²) in [4.78, 5) is 24.6. The van der Waals surface area contributed by atoms with Gasteiger partial charge in [-0.25, -0.2) is 0 Å². The van der Waals surface area contributed by atoms with Crippen LogP contribution in [0, 0.1) is 0 Å². The number of phenols is 4. The van der Waals surface area contributed by atoms with Crippen LogP contribution in [0.2, 0.25) is 0 Å². The number of phenolic OH excluding ortho intramolecular Hbond substituents is 4. The highest BCUT2D eigenvalue weighted by atomic mass is 16.3. The van der Waals surface area contributed by atoms with E-state index in [1.165, 1.54) is 36.4 Å². The van der Waals surface area contributed by atoms with E-state index in [1.54, 1.807) is 18.2 Å². The molecule has 1 aliphatic carbocycles. The second-order valence-electron chi connectivity index (χ2n) is 6.14. The highest BCUT2D eigenvalue weighted by Gasteiger charge is 2.20. The highest BCUT2D eigenvalue weighted by Crippen LogP contribution is 2.29.